The number of ketones is 1. The van der Waals surface area contributed by atoms with E-state index in [2.05, 4.69) is 17.4 Å². The fourth-order valence-electron chi connectivity index (χ4n) is 3.59. The number of anilines is 1. The first-order valence-corrected chi connectivity index (χ1v) is 10.9. The first-order chi connectivity index (χ1) is 16.5. The molecule has 0 fully saturated rings. The van der Waals surface area contributed by atoms with Crippen molar-refractivity contribution >= 4 is 17.4 Å². The molecule has 0 saturated carbocycles. The summed E-state index contributed by atoms with van der Waals surface area (Å²) < 4.78 is 11.4. The Morgan fingerprint density at radius 3 is 2.21 bits per heavy atom. The standard InChI is InChI=1S/C29H25NO4/c1-20(31)23-9-6-10-26(18-23)30-29(32)24-13-16-28(33-2)25(17-24)19-34-27-14-11-22(12-15-27)21-7-4-3-5-8-21/h3-18H,19H2,1-2H3,(H,30,32). The number of carbonyl (C=O) groups excluding carboxylic acids is 2. The van der Waals surface area contributed by atoms with Crippen molar-refractivity contribution in [2.75, 3.05) is 12.4 Å². The van der Waals surface area contributed by atoms with Gasteiger partial charge in [-0.3, -0.25) is 9.59 Å². The van der Waals surface area contributed by atoms with E-state index in [9.17, 15) is 9.59 Å². The van der Waals surface area contributed by atoms with Crippen LogP contribution in [0.15, 0.2) is 97.1 Å². The van der Waals surface area contributed by atoms with Crippen LogP contribution >= 0.6 is 0 Å². The highest BCUT2D eigenvalue weighted by molar-refractivity contribution is 6.05. The number of amides is 1. The van der Waals surface area contributed by atoms with Gasteiger partial charge in [-0.25, -0.2) is 0 Å². The number of methoxy groups -OCH3 is 1. The van der Waals surface area contributed by atoms with Gasteiger partial charge in [-0.15, -0.1) is 0 Å². The summed E-state index contributed by atoms with van der Waals surface area (Å²) in [6, 6.07) is 30.1. The lowest BCUT2D eigenvalue weighted by molar-refractivity contribution is 0.101. The molecule has 1 N–H and O–H groups in total. The van der Waals surface area contributed by atoms with E-state index in [1.165, 1.54) is 6.92 Å². The van der Waals surface area contributed by atoms with E-state index >= 15 is 0 Å². The second-order valence-corrected chi connectivity index (χ2v) is 7.80. The van der Waals surface area contributed by atoms with E-state index in [0.717, 1.165) is 22.4 Å². The van der Waals surface area contributed by atoms with E-state index in [1.807, 2.05) is 42.5 Å². The minimum Gasteiger partial charge on any atom is -0.496 e. The number of Topliss-reactive ketones (excluding diaryl/α,β-unsaturated/α-hetero) is 1. The average molecular weight is 452 g/mol. The third-order valence-corrected chi connectivity index (χ3v) is 5.43. The van der Waals surface area contributed by atoms with Crippen molar-refractivity contribution < 1.29 is 19.1 Å². The quantitative estimate of drug-likeness (QED) is 0.315. The van der Waals surface area contributed by atoms with Crippen LogP contribution in [0.2, 0.25) is 0 Å². The molecule has 0 aliphatic heterocycles. The molecule has 5 heteroatoms. The molecule has 34 heavy (non-hydrogen) atoms. The number of carbonyl (C=O) groups is 2. The minimum absolute atomic E-state index is 0.0585. The molecule has 0 aliphatic carbocycles. The summed E-state index contributed by atoms with van der Waals surface area (Å²) in [5.41, 5.74) is 4.57. The Kier molecular flexibility index (Phi) is 7.04. The number of ether oxygens (including phenoxy) is 2. The molecule has 5 nitrogen and oxygen atoms in total. The fourth-order valence-corrected chi connectivity index (χ4v) is 3.59. The van der Waals surface area contributed by atoms with Gasteiger partial charge in [0.2, 0.25) is 0 Å². The van der Waals surface area contributed by atoms with Crippen molar-refractivity contribution in [2.45, 2.75) is 13.5 Å². The zero-order chi connectivity index (χ0) is 23.9. The van der Waals surface area contributed by atoms with Gasteiger partial charge >= 0.3 is 0 Å². The van der Waals surface area contributed by atoms with E-state index in [1.54, 1.807) is 49.6 Å². The monoisotopic (exact) mass is 451 g/mol. The molecule has 0 unspecified atom stereocenters. The Morgan fingerprint density at radius 1 is 0.765 bits per heavy atom. The number of hydrogen-bond acceptors (Lipinski definition) is 4. The number of nitrogens with one attached hydrogen (secondary N) is 1. The van der Waals surface area contributed by atoms with E-state index in [0.29, 0.717) is 22.6 Å². The van der Waals surface area contributed by atoms with Crippen molar-refractivity contribution in [3.8, 4) is 22.6 Å². The zero-order valence-electron chi connectivity index (χ0n) is 19.1. The van der Waals surface area contributed by atoms with Gasteiger partial charge in [-0.2, -0.15) is 0 Å². The minimum atomic E-state index is -0.281. The third-order valence-electron chi connectivity index (χ3n) is 5.43. The van der Waals surface area contributed by atoms with Crippen LogP contribution in [0.5, 0.6) is 11.5 Å². The number of hydrogen-bond donors (Lipinski definition) is 1. The molecule has 0 saturated heterocycles. The summed E-state index contributed by atoms with van der Waals surface area (Å²) in [4.78, 5) is 24.4. The van der Waals surface area contributed by atoms with Gasteiger partial charge in [-0.05, 0) is 60.5 Å². The van der Waals surface area contributed by atoms with Crippen molar-refractivity contribution in [1.29, 1.82) is 0 Å². The molecular weight excluding hydrogens is 426 g/mol. The lowest BCUT2D eigenvalue weighted by Gasteiger charge is -2.13. The molecule has 0 aliphatic rings. The second kappa shape index (κ2) is 10.5. The lowest BCUT2D eigenvalue weighted by atomic mass is 10.1. The van der Waals surface area contributed by atoms with Gasteiger partial charge in [0.15, 0.2) is 5.78 Å². The maximum atomic E-state index is 12.8. The van der Waals surface area contributed by atoms with Crippen LogP contribution in [0.1, 0.15) is 33.2 Å². The average Bonchev–Trinajstić information content (AvgIpc) is 2.88. The lowest BCUT2D eigenvalue weighted by Crippen LogP contribution is -2.13. The Hall–Kier alpha value is -4.38. The van der Waals surface area contributed by atoms with Crippen LogP contribution in [-0.2, 0) is 6.61 Å². The summed E-state index contributed by atoms with van der Waals surface area (Å²) in [7, 11) is 1.58. The van der Waals surface area contributed by atoms with E-state index in [-0.39, 0.29) is 18.3 Å². The molecule has 0 radical (unpaired) electrons. The molecule has 0 bridgehead atoms. The molecule has 4 aromatic rings. The SMILES string of the molecule is COc1ccc(C(=O)Nc2cccc(C(C)=O)c2)cc1COc1ccc(-c2ccccc2)cc1. The van der Waals surface area contributed by atoms with Crippen molar-refractivity contribution in [1.82, 2.24) is 0 Å². The largest absolute Gasteiger partial charge is 0.496 e. The molecule has 4 rings (SSSR count). The summed E-state index contributed by atoms with van der Waals surface area (Å²) in [6.45, 7) is 1.74. The first kappa shape index (κ1) is 22.8. The van der Waals surface area contributed by atoms with Crippen LogP contribution in [-0.4, -0.2) is 18.8 Å². The molecular formula is C29H25NO4. The maximum Gasteiger partial charge on any atom is 0.255 e. The van der Waals surface area contributed by atoms with Gasteiger partial charge < -0.3 is 14.8 Å². The van der Waals surface area contributed by atoms with Gasteiger partial charge in [0.1, 0.15) is 18.1 Å². The van der Waals surface area contributed by atoms with Crippen LogP contribution in [0, 0.1) is 0 Å². The van der Waals surface area contributed by atoms with Crippen LogP contribution in [0.3, 0.4) is 0 Å². The van der Waals surface area contributed by atoms with Crippen LogP contribution < -0.4 is 14.8 Å². The highest BCUT2D eigenvalue weighted by Gasteiger charge is 2.12. The fraction of sp³-hybridized carbons (Fsp3) is 0.103. The molecule has 0 heterocycles. The van der Waals surface area contributed by atoms with Gasteiger partial charge in [0, 0.05) is 22.4 Å². The van der Waals surface area contributed by atoms with Gasteiger partial charge in [0.05, 0.1) is 7.11 Å². The number of rotatable bonds is 8. The van der Waals surface area contributed by atoms with Crippen molar-refractivity contribution in [3.05, 3.63) is 114 Å². The highest BCUT2D eigenvalue weighted by atomic mass is 16.5. The molecule has 1 amide bonds. The molecule has 0 aromatic heterocycles. The summed E-state index contributed by atoms with van der Waals surface area (Å²) in [6.07, 6.45) is 0. The topological polar surface area (TPSA) is 64.6 Å². The van der Waals surface area contributed by atoms with Crippen molar-refractivity contribution in [3.63, 3.8) is 0 Å². The maximum absolute atomic E-state index is 12.8. The Balaban J connectivity index is 1.46. The zero-order valence-corrected chi connectivity index (χ0v) is 19.1. The van der Waals surface area contributed by atoms with Gasteiger partial charge in [-0.1, -0.05) is 54.6 Å². The van der Waals surface area contributed by atoms with E-state index < -0.39 is 0 Å². The smallest absolute Gasteiger partial charge is 0.255 e. The van der Waals surface area contributed by atoms with Crippen LogP contribution in [0.25, 0.3) is 11.1 Å². The van der Waals surface area contributed by atoms with Gasteiger partial charge in [0.25, 0.3) is 5.91 Å². The van der Waals surface area contributed by atoms with Crippen molar-refractivity contribution in [2.24, 2.45) is 0 Å². The predicted octanol–water partition coefficient (Wildman–Crippen LogP) is 6.40. The molecule has 4 aromatic carbocycles. The molecule has 0 spiro atoms. The Morgan fingerprint density at radius 2 is 1.50 bits per heavy atom. The number of benzene rings is 4. The highest BCUT2D eigenvalue weighted by Crippen LogP contribution is 2.25. The predicted molar refractivity (Wildman–Crippen MR) is 134 cm³/mol. The molecule has 0 atom stereocenters. The first-order valence-electron chi connectivity index (χ1n) is 10.9. The normalized spacial score (nSPS) is 10.4. The molecule has 170 valence electrons. The third kappa shape index (κ3) is 5.51. The van der Waals surface area contributed by atoms with E-state index in [4.69, 9.17) is 9.47 Å². The summed E-state index contributed by atoms with van der Waals surface area (Å²) >= 11 is 0. The van der Waals surface area contributed by atoms with Crippen LogP contribution in [0.4, 0.5) is 5.69 Å². The summed E-state index contributed by atoms with van der Waals surface area (Å²) in [5, 5.41) is 2.84. The second-order valence-electron chi connectivity index (χ2n) is 7.80. The Bertz CT molecular complexity index is 1300. The Labute approximate surface area is 199 Å². The summed E-state index contributed by atoms with van der Waals surface area (Å²) in [5.74, 6) is 1.02.